The number of hydrogen-bond donors (Lipinski definition) is 2. The van der Waals surface area contributed by atoms with Gasteiger partial charge in [-0.1, -0.05) is 12.1 Å². The monoisotopic (exact) mass is 310 g/mol. The highest BCUT2D eigenvalue weighted by molar-refractivity contribution is 5.94. The maximum absolute atomic E-state index is 12.1. The lowest BCUT2D eigenvalue weighted by molar-refractivity contribution is 0.0696. The van der Waals surface area contributed by atoms with Crippen molar-refractivity contribution in [2.24, 2.45) is 0 Å². The SMILES string of the molecule is Cl.O=C(NC1CCOCC1)c1ccc(CNC2CC2)cc1. The number of carbonyl (C=O) groups excluding carboxylic acids is 1. The summed E-state index contributed by atoms with van der Waals surface area (Å²) in [6, 6.07) is 8.87. The third kappa shape index (κ3) is 4.99. The van der Waals surface area contributed by atoms with Crippen molar-refractivity contribution in [1.29, 1.82) is 0 Å². The Balaban J connectivity index is 0.00000161. The van der Waals surface area contributed by atoms with Crippen LogP contribution < -0.4 is 10.6 Å². The zero-order valence-electron chi connectivity index (χ0n) is 12.1. The van der Waals surface area contributed by atoms with Crippen LogP contribution >= 0.6 is 12.4 Å². The van der Waals surface area contributed by atoms with Gasteiger partial charge in [-0.3, -0.25) is 4.79 Å². The minimum atomic E-state index is 0. The molecule has 1 aromatic carbocycles. The van der Waals surface area contributed by atoms with Gasteiger partial charge >= 0.3 is 0 Å². The van der Waals surface area contributed by atoms with E-state index in [4.69, 9.17) is 4.74 Å². The highest BCUT2D eigenvalue weighted by Gasteiger charge is 2.20. The number of rotatable bonds is 5. The Morgan fingerprint density at radius 2 is 1.71 bits per heavy atom. The first kappa shape index (κ1) is 16.3. The molecule has 116 valence electrons. The van der Waals surface area contributed by atoms with Gasteiger partial charge in [0.25, 0.3) is 5.91 Å². The molecule has 0 bridgehead atoms. The summed E-state index contributed by atoms with van der Waals surface area (Å²) in [7, 11) is 0. The number of carbonyl (C=O) groups is 1. The molecule has 5 heteroatoms. The van der Waals surface area contributed by atoms with Crippen molar-refractivity contribution < 1.29 is 9.53 Å². The van der Waals surface area contributed by atoms with Gasteiger partial charge in [0.15, 0.2) is 0 Å². The van der Waals surface area contributed by atoms with Gasteiger partial charge in [-0.15, -0.1) is 12.4 Å². The third-order valence-electron chi connectivity index (χ3n) is 3.94. The molecule has 1 amide bonds. The van der Waals surface area contributed by atoms with E-state index in [9.17, 15) is 4.79 Å². The lowest BCUT2D eigenvalue weighted by atomic mass is 10.1. The van der Waals surface area contributed by atoms with E-state index >= 15 is 0 Å². The molecule has 1 aliphatic carbocycles. The molecular formula is C16H23ClN2O2. The molecule has 0 radical (unpaired) electrons. The quantitative estimate of drug-likeness (QED) is 0.877. The molecule has 0 aromatic heterocycles. The van der Waals surface area contributed by atoms with E-state index in [1.54, 1.807) is 0 Å². The van der Waals surface area contributed by atoms with E-state index < -0.39 is 0 Å². The molecule has 0 spiro atoms. The molecule has 1 saturated heterocycles. The zero-order valence-corrected chi connectivity index (χ0v) is 13.0. The van der Waals surface area contributed by atoms with Crippen molar-refractivity contribution in [3.05, 3.63) is 35.4 Å². The van der Waals surface area contributed by atoms with Crippen LogP contribution in [-0.4, -0.2) is 31.2 Å². The average Bonchev–Trinajstić information content (AvgIpc) is 3.31. The summed E-state index contributed by atoms with van der Waals surface area (Å²) in [5.74, 6) is 0.0265. The number of ether oxygens (including phenoxy) is 1. The summed E-state index contributed by atoms with van der Waals surface area (Å²) in [4.78, 5) is 12.1. The summed E-state index contributed by atoms with van der Waals surface area (Å²) in [6.07, 6.45) is 4.42. The molecule has 4 nitrogen and oxygen atoms in total. The van der Waals surface area contributed by atoms with Crippen LogP contribution in [0.1, 0.15) is 41.6 Å². The highest BCUT2D eigenvalue weighted by atomic mass is 35.5. The van der Waals surface area contributed by atoms with E-state index in [0.29, 0.717) is 6.04 Å². The van der Waals surface area contributed by atoms with Crippen LogP contribution in [0, 0.1) is 0 Å². The van der Waals surface area contributed by atoms with Gasteiger partial charge in [-0.2, -0.15) is 0 Å². The zero-order chi connectivity index (χ0) is 13.8. The third-order valence-corrected chi connectivity index (χ3v) is 3.94. The predicted molar refractivity (Wildman–Crippen MR) is 84.9 cm³/mol. The fraction of sp³-hybridized carbons (Fsp3) is 0.562. The van der Waals surface area contributed by atoms with Crippen molar-refractivity contribution in [3.8, 4) is 0 Å². The first-order valence-corrected chi connectivity index (χ1v) is 7.52. The Hall–Kier alpha value is -1.10. The molecular weight excluding hydrogens is 288 g/mol. The maximum Gasteiger partial charge on any atom is 0.251 e. The van der Waals surface area contributed by atoms with Crippen LogP contribution in [0.15, 0.2) is 24.3 Å². The molecule has 3 rings (SSSR count). The number of nitrogens with one attached hydrogen (secondary N) is 2. The fourth-order valence-electron chi connectivity index (χ4n) is 2.43. The predicted octanol–water partition coefficient (Wildman–Crippen LogP) is 2.27. The van der Waals surface area contributed by atoms with Crippen LogP contribution in [-0.2, 0) is 11.3 Å². The largest absolute Gasteiger partial charge is 0.381 e. The van der Waals surface area contributed by atoms with Crippen molar-refractivity contribution in [2.75, 3.05) is 13.2 Å². The Bertz CT molecular complexity index is 454. The van der Waals surface area contributed by atoms with Crippen LogP contribution in [0.3, 0.4) is 0 Å². The van der Waals surface area contributed by atoms with E-state index in [-0.39, 0.29) is 24.4 Å². The molecule has 1 heterocycles. The summed E-state index contributed by atoms with van der Waals surface area (Å²) in [5, 5.41) is 6.55. The lowest BCUT2D eigenvalue weighted by Crippen LogP contribution is -2.38. The number of hydrogen-bond acceptors (Lipinski definition) is 3. The smallest absolute Gasteiger partial charge is 0.251 e. The molecule has 2 fully saturated rings. The van der Waals surface area contributed by atoms with Crippen molar-refractivity contribution in [3.63, 3.8) is 0 Å². The molecule has 2 aliphatic rings. The number of benzene rings is 1. The summed E-state index contributed by atoms with van der Waals surface area (Å²) in [6.45, 7) is 2.39. The summed E-state index contributed by atoms with van der Waals surface area (Å²) in [5.41, 5.74) is 1.98. The second-order valence-electron chi connectivity index (χ2n) is 5.71. The van der Waals surface area contributed by atoms with Gasteiger partial charge in [0.05, 0.1) is 0 Å². The molecule has 1 aliphatic heterocycles. The van der Waals surface area contributed by atoms with E-state index in [0.717, 1.165) is 38.2 Å². The van der Waals surface area contributed by atoms with Gasteiger partial charge in [-0.05, 0) is 43.4 Å². The Kier molecular flexibility index (Phi) is 6.03. The van der Waals surface area contributed by atoms with Crippen LogP contribution in [0.4, 0.5) is 0 Å². The van der Waals surface area contributed by atoms with Crippen LogP contribution in [0.5, 0.6) is 0 Å². The van der Waals surface area contributed by atoms with Gasteiger partial charge < -0.3 is 15.4 Å². The van der Waals surface area contributed by atoms with Crippen molar-refractivity contribution in [1.82, 2.24) is 10.6 Å². The minimum absolute atomic E-state index is 0. The van der Waals surface area contributed by atoms with E-state index in [1.165, 1.54) is 18.4 Å². The molecule has 0 unspecified atom stereocenters. The Morgan fingerprint density at radius 3 is 2.33 bits per heavy atom. The second kappa shape index (κ2) is 7.78. The van der Waals surface area contributed by atoms with E-state index in [1.807, 2.05) is 24.3 Å². The van der Waals surface area contributed by atoms with Gasteiger partial charge in [-0.25, -0.2) is 0 Å². The van der Waals surface area contributed by atoms with Gasteiger partial charge in [0, 0.05) is 37.4 Å². The topological polar surface area (TPSA) is 50.4 Å². The Labute approximate surface area is 132 Å². The standard InChI is InChI=1S/C16H22N2O2.ClH/c19-16(18-15-7-9-20-10-8-15)13-3-1-12(2-4-13)11-17-14-5-6-14;/h1-4,14-15,17H,5-11H2,(H,18,19);1H. The molecule has 21 heavy (non-hydrogen) atoms. The minimum Gasteiger partial charge on any atom is -0.381 e. The van der Waals surface area contributed by atoms with Crippen molar-refractivity contribution >= 4 is 18.3 Å². The second-order valence-corrected chi connectivity index (χ2v) is 5.71. The average molecular weight is 311 g/mol. The Morgan fingerprint density at radius 1 is 1.05 bits per heavy atom. The highest BCUT2D eigenvalue weighted by Crippen LogP contribution is 2.19. The molecule has 0 atom stereocenters. The van der Waals surface area contributed by atoms with Gasteiger partial charge in [0.1, 0.15) is 0 Å². The maximum atomic E-state index is 12.1. The lowest BCUT2D eigenvalue weighted by Gasteiger charge is -2.23. The normalized spacial score (nSPS) is 18.9. The molecule has 2 N–H and O–H groups in total. The fourth-order valence-corrected chi connectivity index (χ4v) is 2.43. The van der Waals surface area contributed by atoms with Crippen LogP contribution in [0.2, 0.25) is 0 Å². The van der Waals surface area contributed by atoms with Crippen LogP contribution in [0.25, 0.3) is 0 Å². The van der Waals surface area contributed by atoms with Crippen molar-refractivity contribution in [2.45, 2.75) is 44.3 Å². The number of halogens is 1. The van der Waals surface area contributed by atoms with E-state index in [2.05, 4.69) is 10.6 Å². The summed E-state index contributed by atoms with van der Waals surface area (Å²) < 4.78 is 5.30. The van der Waals surface area contributed by atoms with Gasteiger partial charge in [0.2, 0.25) is 0 Å². The summed E-state index contributed by atoms with van der Waals surface area (Å²) >= 11 is 0. The molecule has 1 aromatic rings. The molecule has 1 saturated carbocycles. The number of amides is 1. The first-order valence-electron chi connectivity index (χ1n) is 7.52. The first-order chi connectivity index (χ1) is 9.81.